The molecule has 2 heteroatoms. The molecule has 2 nitrogen and oxygen atoms in total. The first kappa shape index (κ1) is 13.4. The van der Waals surface area contributed by atoms with Gasteiger partial charge in [-0.15, -0.1) is 0 Å². The van der Waals surface area contributed by atoms with Crippen LogP contribution in [0.5, 0.6) is 0 Å². The van der Waals surface area contributed by atoms with E-state index in [0.717, 1.165) is 5.92 Å². The fourth-order valence-corrected chi connectivity index (χ4v) is 2.68. The zero-order valence-electron chi connectivity index (χ0n) is 11.9. The van der Waals surface area contributed by atoms with E-state index in [1.807, 2.05) is 0 Å². The maximum absolute atomic E-state index is 3.64. The van der Waals surface area contributed by atoms with E-state index < -0.39 is 0 Å². The fourth-order valence-electron chi connectivity index (χ4n) is 2.68. The highest BCUT2D eigenvalue weighted by Crippen LogP contribution is 2.17. The van der Waals surface area contributed by atoms with E-state index in [-0.39, 0.29) is 0 Å². The third kappa shape index (κ3) is 3.74. The van der Waals surface area contributed by atoms with E-state index in [2.05, 4.69) is 55.3 Å². The molecular formula is C16H26N2. The highest BCUT2D eigenvalue weighted by molar-refractivity contribution is 5.45. The second-order valence-corrected chi connectivity index (χ2v) is 5.82. The van der Waals surface area contributed by atoms with E-state index in [1.54, 1.807) is 0 Å². The number of nitrogens with zero attached hydrogens (tertiary/aromatic N) is 1. The quantitative estimate of drug-likeness (QED) is 0.856. The average molecular weight is 246 g/mol. The number of hydrogen-bond acceptors (Lipinski definition) is 2. The van der Waals surface area contributed by atoms with Crippen LogP contribution in [0.4, 0.5) is 5.69 Å². The van der Waals surface area contributed by atoms with Crippen molar-refractivity contribution in [2.45, 2.75) is 39.7 Å². The van der Waals surface area contributed by atoms with Gasteiger partial charge in [-0.05, 0) is 43.0 Å². The van der Waals surface area contributed by atoms with Crippen LogP contribution in [-0.2, 0) is 6.42 Å². The molecule has 1 unspecified atom stereocenters. The van der Waals surface area contributed by atoms with Gasteiger partial charge in [0.05, 0.1) is 0 Å². The zero-order valence-corrected chi connectivity index (χ0v) is 11.9. The highest BCUT2D eigenvalue weighted by Gasteiger charge is 2.20. The van der Waals surface area contributed by atoms with E-state index in [0.29, 0.717) is 6.04 Å². The molecule has 0 bridgehead atoms. The summed E-state index contributed by atoms with van der Waals surface area (Å²) in [5, 5.41) is 3.64. The molecule has 1 aliphatic heterocycles. The first-order chi connectivity index (χ1) is 8.67. The molecule has 0 spiro atoms. The fraction of sp³-hybridized carbons (Fsp3) is 0.625. The summed E-state index contributed by atoms with van der Waals surface area (Å²) in [4.78, 5) is 2.50. The van der Waals surface area contributed by atoms with Crippen molar-refractivity contribution in [3.63, 3.8) is 0 Å². The van der Waals surface area contributed by atoms with Crippen LogP contribution in [0.25, 0.3) is 0 Å². The largest absolute Gasteiger partial charge is 0.381 e. The monoisotopic (exact) mass is 246 g/mol. The molecule has 0 saturated carbocycles. The second kappa shape index (κ2) is 6.24. The summed E-state index contributed by atoms with van der Waals surface area (Å²) in [5.74, 6) is 0.733. The van der Waals surface area contributed by atoms with Crippen molar-refractivity contribution in [1.82, 2.24) is 4.90 Å². The summed E-state index contributed by atoms with van der Waals surface area (Å²) in [6.07, 6.45) is 2.44. The molecule has 1 fully saturated rings. The molecule has 1 aliphatic rings. The number of rotatable bonds is 5. The van der Waals surface area contributed by atoms with Gasteiger partial charge in [-0.1, -0.05) is 32.9 Å². The van der Waals surface area contributed by atoms with Crippen LogP contribution in [0.3, 0.4) is 0 Å². The van der Waals surface area contributed by atoms with Crippen molar-refractivity contribution in [2.24, 2.45) is 5.92 Å². The van der Waals surface area contributed by atoms with Crippen molar-refractivity contribution in [3.8, 4) is 0 Å². The molecule has 1 aromatic carbocycles. The standard InChI is InChI=1S/C16H26N2/c1-4-18-10-9-16(12-18)17-15-7-5-14(6-8-15)11-13(2)3/h5-8,13,16-17H,4,9-12H2,1-3H3. The van der Waals surface area contributed by atoms with Crippen LogP contribution in [0.15, 0.2) is 24.3 Å². The molecule has 18 heavy (non-hydrogen) atoms. The Morgan fingerprint density at radius 1 is 1.28 bits per heavy atom. The van der Waals surface area contributed by atoms with Gasteiger partial charge >= 0.3 is 0 Å². The Bertz CT molecular complexity index is 356. The summed E-state index contributed by atoms with van der Waals surface area (Å²) < 4.78 is 0. The highest BCUT2D eigenvalue weighted by atomic mass is 15.2. The Hall–Kier alpha value is -1.02. The third-order valence-corrected chi connectivity index (χ3v) is 3.69. The second-order valence-electron chi connectivity index (χ2n) is 5.82. The first-order valence-electron chi connectivity index (χ1n) is 7.25. The van der Waals surface area contributed by atoms with Crippen LogP contribution in [-0.4, -0.2) is 30.6 Å². The van der Waals surface area contributed by atoms with Gasteiger partial charge in [0.15, 0.2) is 0 Å². The van der Waals surface area contributed by atoms with E-state index >= 15 is 0 Å². The number of likely N-dealkylation sites (tertiary alicyclic amines) is 1. The van der Waals surface area contributed by atoms with Gasteiger partial charge < -0.3 is 10.2 Å². The van der Waals surface area contributed by atoms with Gasteiger partial charge in [-0.2, -0.15) is 0 Å². The van der Waals surface area contributed by atoms with Crippen LogP contribution in [0, 0.1) is 5.92 Å². The summed E-state index contributed by atoms with van der Waals surface area (Å²) in [5.41, 5.74) is 2.71. The van der Waals surface area contributed by atoms with Crippen molar-refractivity contribution >= 4 is 5.69 Å². The number of nitrogens with one attached hydrogen (secondary N) is 1. The third-order valence-electron chi connectivity index (χ3n) is 3.69. The Morgan fingerprint density at radius 2 is 2.00 bits per heavy atom. The molecule has 1 atom stereocenters. The predicted molar refractivity (Wildman–Crippen MR) is 79.1 cm³/mol. The predicted octanol–water partition coefficient (Wildman–Crippen LogP) is 3.39. The van der Waals surface area contributed by atoms with Gasteiger partial charge in [-0.25, -0.2) is 0 Å². The summed E-state index contributed by atoms with van der Waals surface area (Å²) in [6.45, 7) is 10.4. The van der Waals surface area contributed by atoms with Gasteiger partial charge in [0, 0.05) is 24.8 Å². The normalized spacial score (nSPS) is 20.6. The molecule has 0 aromatic heterocycles. The molecule has 0 aliphatic carbocycles. The lowest BCUT2D eigenvalue weighted by Crippen LogP contribution is -2.25. The first-order valence-corrected chi connectivity index (χ1v) is 7.25. The minimum atomic E-state index is 0.626. The van der Waals surface area contributed by atoms with Crippen molar-refractivity contribution in [3.05, 3.63) is 29.8 Å². The molecule has 0 radical (unpaired) electrons. The number of benzene rings is 1. The number of hydrogen-bond donors (Lipinski definition) is 1. The average Bonchev–Trinajstić information content (AvgIpc) is 2.79. The van der Waals surface area contributed by atoms with Crippen molar-refractivity contribution in [2.75, 3.05) is 25.0 Å². The molecule has 1 saturated heterocycles. The zero-order chi connectivity index (χ0) is 13.0. The Labute approximate surface area is 111 Å². The molecule has 1 heterocycles. The lowest BCUT2D eigenvalue weighted by molar-refractivity contribution is 0.356. The van der Waals surface area contributed by atoms with Crippen molar-refractivity contribution < 1.29 is 0 Å². The topological polar surface area (TPSA) is 15.3 Å². The molecular weight excluding hydrogens is 220 g/mol. The van der Waals surface area contributed by atoms with E-state index in [9.17, 15) is 0 Å². The van der Waals surface area contributed by atoms with Crippen molar-refractivity contribution in [1.29, 1.82) is 0 Å². The van der Waals surface area contributed by atoms with Crippen LogP contribution >= 0.6 is 0 Å². The Morgan fingerprint density at radius 3 is 2.56 bits per heavy atom. The summed E-state index contributed by atoms with van der Waals surface area (Å²) >= 11 is 0. The van der Waals surface area contributed by atoms with E-state index in [1.165, 1.54) is 43.7 Å². The van der Waals surface area contributed by atoms with Gasteiger partial charge in [0.2, 0.25) is 0 Å². The minimum absolute atomic E-state index is 0.626. The lowest BCUT2D eigenvalue weighted by Gasteiger charge is -2.16. The Balaban J connectivity index is 1.87. The van der Waals surface area contributed by atoms with Gasteiger partial charge in [-0.3, -0.25) is 0 Å². The molecule has 1 N–H and O–H groups in total. The molecule has 2 rings (SSSR count). The summed E-state index contributed by atoms with van der Waals surface area (Å²) in [6, 6.07) is 9.60. The number of likely N-dealkylation sites (N-methyl/N-ethyl adjacent to an activating group) is 1. The van der Waals surface area contributed by atoms with Gasteiger partial charge in [0.25, 0.3) is 0 Å². The minimum Gasteiger partial charge on any atom is -0.381 e. The number of anilines is 1. The van der Waals surface area contributed by atoms with E-state index in [4.69, 9.17) is 0 Å². The Kier molecular flexibility index (Phi) is 4.65. The van der Waals surface area contributed by atoms with Gasteiger partial charge in [0.1, 0.15) is 0 Å². The SMILES string of the molecule is CCN1CCC(Nc2ccc(CC(C)C)cc2)C1. The smallest absolute Gasteiger partial charge is 0.0400 e. The molecule has 0 amide bonds. The van der Waals surface area contributed by atoms with Crippen LogP contribution in [0.1, 0.15) is 32.8 Å². The maximum Gasteiger partial charge on any atom is 0.0400 e. The van der Waals surface area contributed by atoms with Crippen LogP contribution < -0.4 is 5.32 Å². The molecule has 1 aromatic rings. The van der Waals surface area contributed by atoms with Crippen LogP contribution in [0.2, 0.25) is 0 Å². The summed E-state index contributed by atoms with van der Waals surface area (Å²) in [7, 11) is 0. The molecule has 100 valence electrons. The maximum atomic E-state index is 3.64. The lowest BCUT2D eigenvalue weighted by atomic mass is 10.0.